The van der Waals surface area contributed by atoms with Gasteiger partial charge in [-0.3, -0.25) is 9.78 Å². The highest BCUT2D eigenvalue weighted by Gasteiger charge is 2.09. The summed E-state index contributed by atoms with van der Waals surface area (Å²) in [5.41, 5.74) is 3.34. The number of hydrogen-bond donors (Lipinski definition) is 1. The van der Waals surface area contributed by atoms with Crippen LogP contribution in [0.25, 0.3) is 0 Å². The average Bonchev–Trinajstić information content (AvgIpc) is 2.73. The van der Waals surface area contributed by atoms with E-state index in [0.717, 1.165) is 25.2 Å². The lowest BCUT2D eigenvalue weighted by molar-refractivity contribution is 0.0953. The first-order chi connectivity index (χ1) is 13.2. The first-order valence-corrected chi connectivity index (χ1v) is 9.74. The lowest BCUT2D eigenvalue weighted by Crippen LogP contribution is -2.25. The minimum atomic E-state index is -0.0510. The summed E-state index contributed by atoms with van der Waals surface area (Å²) in [6.07, 6.45) is 14.4. The van der Waals surface area contributed by atoms with Crippen molar-refractivity contribution in [2.24, 2.45) is 0 Å². The van der Waals surface area contributed by atoms with Crippen LogP contribution in [0.15, 0.2) is 54.5 Å². The second kappa shape index (κ2) is 9.86. The standard InChI is InChI=1S/C22H28N4O/c1-26(16-12-19-9-13-23-14-10-19)21-8-7-20(17-25-21)22(27)24-15-11-18-5-3-2-4-6-18/h5,7-10,13-14,17H,2-4,6,11-12,15-16H2,1H3,(H,24,27). The number of aromatic nitrogens is 2. The zero-order valence-electron chi connectivity index (χ0n) is 16.0. The number of anilines is 1. The van der Waals surface area contributed by atoms with E-state index in [1.165, 1.54) is 36.8 Å². The van der Waals surface area contributed by atoms with Gasteiger partial charge in [-0.05, 0) is 68.4 Å². The molecule has 5 heteroatoms. The molecule has 1 N–H and O–H groups in total. The molecule has 1 amide bonds. The number of allylic oxidation sites excluding steroid dienone is 1. The van der Waals surface area contributed by atoms with Crippen molar-refractivity contribution in [3.05, 3.63) is 65.6 Å². The van der Waals surface area contributed by atoms with Gasteiger partial charge in [-0.25, -0.2) is 4.98 Å². The molecular weight excluding hydrogens is 336 g/mol. The van der Waals surface area contributed by atoms with Crippen LogP contribution >= 0.6 is 0 Å². The van der Waals surface area contributed by atoms with E-state index in [-0.39, 0.29) is 5.91 Å². The molecule has 0 unspecified atom stereocenters. The van der Waals surface area contributed by atoms with Crippen molar-refractivity contribution in [1.29, 1.82) is 0 Å². The Balaban J connectivity index is 1.45. The molecule has 0 bridgehead atoms. The van der Waals surface area contributed by atoms with Crippen molar-refractivity contribution in [3.8, 4) is 0 Å². The Hall–Kier alpha value is -2.69. The number of rotatable bonds is 8. The number of nitrogens with zero attached hydrogens (tertiary/aromatic N) is 3. The van der Waals surface area contributed by atoms with E-state index in [1.807, 2.05) is 43.7 Å². The lowest BCUT2D eigenvalue weighted by Gasteiger charge is -2.18. The second-order valence-electron chi connectivity index (χ2n) is 7.05. The Morgan fingerprint density at radius 2 is 2.00 bits per heavy atom. The van der Waals surface area contributed by atoms with E-state index in [0.29, 0.717) is 12.1 Å². The predicted octanol–water partition coefficient (Wildman–Crippen LogP) is 3.78. The number of pyridine rings is 2. The van der Waals surface area contributed by atoms with Crippen molar-refractivity contribution >= 4 is 11.7 Å². The zero-order chi connectivity index (χ0) is 18.9. The fourth-order valence-corrected chi connectivity index (χ4v) is 3.28. The van der Waals surface area contributed by atoms with Crippen molar-refractivity contribution in [3.63, 3.8) is 0 Å². The Morgan fingerprint density at radius 1 is 1.15 bits per heavy atom. The number of hydrogen-bond acceptors (Lipinski definition) is 4. The summed E-state index contributed by atoms with van der Waals surface area (Å²) in [5.74, 6) is 0.817. The molecule has 27 heavy (non-hydrogen) atoms. The van der Waals surface area contributed by atoms with Gasteiger partial charge in [0.15, 0.2) is 0 Å². The van der Waals surface area contributed by atoms with Crippen LogP contribution in [0.2, 0.25) is 0 Å². The van der Waals surface area contributed by atoms with Gasteiger partial charge in [0.25, 0.3) is 5.91 Å². The quantitative estimate of drug-likeness (QED) is 0.724. The summed E-state index contributed by atoms with van der Waals surface area (Å²) >= 11 is 0. The molecule has 2 aromatic heterocycles. The monoisotopic (exact) mass is 364 g/mol. The van der Waals surface area contributed by atoms with Gasteiger partial charge in [-0.1, -0.05) is 11.6 Å². The summed E-state index contributed by atoms with van der Waals surface area (Å²) < 4.78 is 0. The van der Waals surface area contributed by atoms with Gasteiger partial charge in [0, 0.05) is 38.7 Å². The second-order valence-corrected chi connectivity index (χ2v) is 7.05. The number of likely N-dealkylation sites (N-methyl/N-ethyl adjacent to an activating group) is 1. The van der Waals surface area contributed by atoms with Crippen LogP contribution in [0.4, 0.5) is 5.82 Å². The summed E-state index contributed by atoms with van der Waals surface area (Å²) in [6, 6.07) is 7.81. The molecule has 5 nitrogen and oxygen atoms in total. The molecule has 2 aromatic rings. The summed E-state index contributed by atoms with van der Waals surface area (Å²) in [5, 5.41) is 3.00. The van der Waals surface area contributed by atoms with Crippen LogP contribution < -0.4 is 10.2 Å². The highest BCUT2D eigenvalue weighted by Crippen LogP contribution is 2.19. The van der Waals surface area contributed by atoms with E-state index < -0.39 is 0 Å². The molecule has 0 spiro atoms. The third kappa shape index (κ3) is 5.91. The van der Waals surface area contributed by atoms with Crippen LogP contribution in [0.5, 0.6) is 0 Å². The van der Waals surface area contributed by atoms with Gasteiger partial charge in [0.05, 0.1) is 5.56 Å². The van der Waals surface area contributed by atoms with Crippen molar-refractivity contribution in [2.75, 3.05) is 25.0 Å². The third-order valence-corrected chi connectivity index (χ3v) is 5.00. The predicted molar refractivity (Wildman–Crippen MR) is 109 cm³/mol. The van der Waals surface area contributed by atoms with Gasteiger partial charge in [0.2, 0.25) is 0 Å². The fourth-order valence-electron chi connectivity index (χ4n) is 3.28. The molecule has 0 saturated carbocycles. The third-order valence-electron chi connectivity index (χ3n) is 5.00. The maximum absolute atomic E-state index is 12.3. The van der Waals surface area contributed by atoms with Crippen LogP contribution in [-0.4, -0.2) is 36.0 Å². The fraction of sp³-hybridized carbons (Fsp3) is 0.409. The van der Waals surface area contributed by atoms with Gasteiger partial charge in [0.1, 0.15) is 5.82 Å². The molecule has 0 aromatic carbocycles. The lowest BCUT2D eigenvalue weighted by atomic mass is 9.97. The van der Waals surface area contributed by atoms with Crippen molar-refractivity contribution in [2.45, 2.75) is 38.5 Å². The molecule has 3 rings (SSSR count). The summed E-state index contributed by atoms with van der Waals surface area (Å²) in [7, 11) is 2.02. The molecule has 1 aliphatic carbocycles. The first-order valence-electron chi connectivity index (χ1n) is 9.74. The first kappa shape index (κ1) is 19.1. The van der Waals surface area contributed by atoms with Gasteiger partial charge in [-0.15, -0.1) is 0 Å². The van der Waals surface area contributed by atoms with Crippen LogP contribution in [0.1, 0.15) is 48.0 Å². The topological polar surface area (TPSA) is 58.1 Å². The smallest absolute Gasteiger partial charge is 0.252 e. The van der Waals surface area contributed by atoms with Gasteiger partial charge < -0.3 is 10.2 Å². The molecule has 0 atom stereocenters. The van der Waals surface area contributed by atoms with Crippen LogP contribution in [-0.2, 0) is 6.42 Å². The molecule has 1 aliphatic rings. The maximum atomic E-state index is 12.3. The summed E-state index contributed by atoms with van der Waals surface area (Å²) in [4.78, 5) is 22.9. The largest absolute Gasteiger partial charge is 0.359 e. The van der Waals surface area contributed by atoms with E-state index in [9.17, 15) is 4.79 Å². The number of carbonyl (C=O) groups excluding carboxylic acids is 1. The number of carbonyl (C=O) groups is 1. The van der Waals surface area contributed by atoms with Crippen LogP contribution in [0.3, 0.4) is 0 Å². The minimum Gasteiger partial charge on any atom is -0.359 e. The molecule has 0 radical (unpaired) electrons. The molecule has 0 fully saturated rings. The summed E-state index contributed by atoms with van der Waals surface area (Å²) in [6.45, 7) is 1.55. The maximum Gasteiger partial charge on any atom is 0.252 e. The number of amides is 1. The SMILES string of the molecule is CN(CCc1ccncc1)c1ccc(C(=O)NCCC2=CCCCC2)cn1. The van der Waals surface area contributed by atoms with Crippen molar-refractivity contribution in [1.82, 2.24) is 15.3 Å². The van der Waals surface area contributed by atoms with E-state index in [1.54, 1.807) is 6.20 Å². The molecule has 0 aliphatic heterocycles. The Bertz CT molecular complexity index is 756. The number of nitrogens with one attached hydrogen (secondary N) is 1. The highest BCUT2D eigenvalue weighted by molar-refractivity contribution is 5.94. The Kier molecular flexibility index (Phi) is 6.97. The van der Waals surface area contributed by atoms with Crippen LogP contribution in [0, 0.1) is 0 Å². The normalized spacial score (nSPS) is 13.7. The molecular formula is C22H28N4O. The Labute approximate surface area is 161 Å². The Morgan fingerprint density at radius 3 is 2.70 bits per heavy atom. The molecule has 142 valence electrons. The molecule has 0 saturated heterocycles. The van der Waals surface area contributed by atoms with E-state index in [4.69, 9.17) is 0 Å². The zero-order valence-corrected chi connectivity index (χ0v) is 16.0. The van der Waals surface area contributed by atoms with Gasteiger partial charge >= 0.3 is 0 Å². The molecule has 2 heterocycles. The van der Waals surface area contributed by atoms with E-state index in [2.05, 4.69) is 26.3 Å². The highest BCUT2D eigenvalue weighted by atomic mass is 16.1. The van der Waals surface area contributed by atoms with Crippen molar-refractivity contribution < 1.29 is 4.79 Å². The minimum absolute atomic E-state index is 0.0510. The van der Waals surface area contributed by atoms with Gasteiger partial charge in [-0.2, -0.15) is 0 Å². The van der Waals surface area contributed by atoms with E-state index >= 15 is 0 Å². The average molecular weight is 364 g/mol.